The Balaban J connectivity index is 1.55. The van der Waals surface area contributed by atoms with E-state index < -0.39 is 6.61 Å². The number of anilines is 1. The van der Waals surface area contributed by atoms with Gasteiger partial charge in [0.15, 0.2) is 11.5 Å². The molecule has 164 valence electrons. The van der Waals surface area contributed by atoms with Gasteiger partial charge in [0.05, 0.1) is 18.0 Å². The molecule has 1 heterocycles. The summed E-state index contributed by atoms with van der Waals surface area (Å²) < 4.78 is 34.8. The van der Waals surface area contributed by atoms with Gasteiger partial charge in [-0.3, -0.25) is 9.59 Å². The summed E-state index contributed by atoms with van der Waals surface area (Å²) >= 11 is 1.46. The van der Waals surface area contributed by atoms with Crippen molar-refractivity contribution in [1.29, 1.82) is 0 Å². The highest BCUT2D eigenvalue weighted by molar-refractivity contribution is 8.00. The minimum atomic E-state index is -2.95. The molecule has 2 aromatic rings. The van der Waals surface area contributed by atoms with E-state index in [2.05, 4.69) is 10.1 Å². The van der Waals surface area contributed by atoms with Crippen molar-refractivity contribution in [3.63, 3.8) is 0 Å². The van der Waals surface area contributed by atoms with Crippen molar-refractivity contribution in [3.05, 3.63) is 47.5 Å². The van der Waals surface area contributed by atoms with Crippen molar-refractivity contribution in [2.75, 3.05) is 12.4 Å². The Kier molecular flexibility index (Phi) is 6.04. The molecule has 6 nitrogen and oxygen atoms in total. The van der Waals surface area contributed by atoms with E-state index in [9.17, 15) is 18.4 Å². The molecular formula is C22H22F2N2O4S. The van der Waals surface area contributed by atoms with E-state index in [1.165, 1.54) is 24.9 Å². The Labute approximate surface area is 182 Å². The average Bonchev–Trinajstić information content (AvgIpc) is 3.57. The number of benzene rings is 2. The third-order valence-electron chi connectivity index (χ3n) is 5.20. The molecule has 0 aromatic heterocycles. The summed E-state index contributed by atoms with van der Waals surface area (Å²) in [6.07, 6.45) is 1.81. The maximum Gasteiger partial charge on any atom is 0.387 e. The zero-order valence-electron chi connectivity index (χ0n) is 17.1. The lowest BCUT2D eigenvalue weighted by Crippen LogP contribution is -2.33. The molecule has 31 heavy (non-hydrogen) atoms. The van der Waals surface area contributed by atoms with Crippen molar-refractivity contribution in [2.24, 2.45) is 0 Å². The molecule has 1 saturated carbocycles. The van der Waals surface area contributed by atoms with Crippen molar-refractivity contribution in [1.82, 2.24) is 4.90 Å². The highest BCUT2D eigenvalue weighted by Gasteiger charge is 2.34. The number of carbonyl (C=O) groups excluding carboxylic acids is 2. The van der Waals surface area contributed by atoms with Crippen LogP contribution in [0.2, 0.25) is 0 Å². The molecule has 9 heteroatoms. The topological polar surface area (TPSA) is 67.9 Å². The van der Waals surface area contributed by atoms with Crippen LogP contribution in [0.3, 0.4) is 0 Å². The Morgan fingerprint density at radius 3 is 2.68 bits per heavy atom. The van der Waals surface area contributed by atoms with Crippen LogP contribution >= 0.6 is 11.8 Å². The van der Waals surface area contributed by atoms with Crippen LogP contribution in [0.25, 0.3) is 0 Å². The minimum Gasteiger partial charge on any atom is -0.493 e. The first-order valence-electron chi connectivity index (χ1n) is 9.90. The predicted molar refractivity (Wildman–Crippen MR) is 113 cm³/mol. The number of ether oxygens (including phenoxy) is 2. The van der Waals surface area contributed by atoms with Crippen LogP contribution in [0.5, 0.6) is 11.5 Å². The normalized spacial score (nSPS) is 17.7. The molecule has 1 fully saturated rings. The van der Waals surface area contributed by atoms with E-state index in [0.29, 0.717) is 17.8 Å². The number of hydrogen-bond acceptors (Lipinski definition) is 5. The number of carbonyl (C=O) groups is 2. The maximum atomic E-state index is 13.3. The van der Waals surface area contributed by atoms with Gasteiger partial charge in [-0.1, -0.05) is 6.07 Å². The lowest BCUT2D eigenvalue weighted by Gasteiger charge is -2.25. The third-order valence-corrected chi connectivity index (χ3v) is 6.38. The van der Waals surface area contributed by atoms with Gasteiger partial charge in [-0.2, -0.15) is 8.78 Å². The zero-order chi connectivity index (χ0) is 22.1. The van der Waals surface area contributed by atoms with Crippen LogP contribution in [0.15, 0.2) is 41.3 Å². The molecule has 1 aliphatic carbocycles. The summed E-state index contributed by atoms with van der Waals surface area (Å²) in [6, 6.07) is 10.1. The first-order chi connectivity index (χ1) is 14.9. The van der Waals surface area contributed by atoms with Crippen molar-refractivity contribution in [3.8, 4) is 11.5 Å². The standard InChI is InChI=1S/C22H22F2N2O4S/c1-12-20(27)25-16-10-14(4-8-19(16)31-12)21(28)26(15-5-6-15)11-13-3-7-17(30-22(23)24)18(9-13)29-2/h3-4,7-10,12,15,22H,5-6,11H2,1-2H3,(H,25,27). The smallest absolute Gasteiger partial charge is 0.387 e. The maximum absolute atomic E-state index is 13.3. The van der Waals surface area contributed by atoms with E-state index >= 15 is 0 Å². The fraction of sp³-hybridized carbons (Fsp3) is 0.364. The summed E-state index contributed by atoms with van der Waals surface area (Å²) in [6.45, 7) is -0.804. The Morgan fingerprint density at radius 1 is 1.23 bits per heavy atom. The number of thioether (sulfide) groups is 1. The van der Waals surface area contributed by atoms with Gasteiger partial charge in [0.25, 0.3) is 5.91 Å². The predicted octanol–water partition coefficient (Wildman–Crippen LogP) is 4.53. The van der Waals surface area contributed by atoms with Crippen LogP contribution in [-0.4, -0.2) is 41.7 Å². The van der Waals surface area contributed by atoms with Crippen LogP contribution in [0.1, 0.15) is 35.7 Å². The van der Waals surface area contributed by atoms with Gasteiger partial charge in [-0.25, -0.2) is 0 Å². The van der Waals surface area contributed by atoms with Gasteiger partial charge in [0, 0.05) is 23.0 Å². The first-order valence-corrected chi connectivity index (χ1v) is 10.8. The molecule has 1 atom stereocenters. The highest BCUT2D eigenvalue weighted by atomic mass is 32.2. The fourth-order valence-corrected chi connectivity index (χ4v) is 4.39. The molecule has 4 rings (SSSR count). The van der Waals surface area contributed by atoms with Gasteiger partial charge in [-0.15, -0.1) is 11.8 Å². The van der Waals surface area contributed by atoms with Crippen LogP contribution in [0, 0.1) is 0 Å². The summed E-state index contributed by atoms with van der Waals surface area (Å²) in [5.41, 5.74) is 1.88. The number of halogens is 2. The molecular weight excluding hydrogens is 426 g/mol. The molecule has 0 saturated heterocycles. The van der Waals surface area contributed by atoms with Gasteiger partial charge in [0.1, 0.15) is 0 Å². The summed E-state index contributed by atoms with van der Waals surface area (Å²) in [4.78, 5) is 28.0. The van der Waals surface area contributed by atoms with Gasteiger partial charge >= 0.3 is 6.61 Å². The van der Waals surface area contributed by atoms with Crippen molar-refractivity contribution >= 4 is 29.3 Å². The lowest BCUT2D eigenvalue weighted by atomic mass is 10.1. The van der Waals surface area contributed by atoms with Crippen LogP contribution < -0.4 is 14.8 Å². The molecule has 0 spiro atoms. The third kappa shape index (κ3) is 4.76. The largest absolute Gasteiger partial charge is 0.493 e. The molecule has 0 bridgehead atoms. The average molecular weight is 448 g/mol. The Bertz CT molecular complexity index is 1010. The number of alkyl halides is 2. The lowest BCUT2D eigenvalue weighted by molar-refractivity contribution is -0.115. The monoisotopic (exact) mass is 448 g/mol. The number of amides is 2. The summed E-state index contributed by atoms with van der Waals surface area (Å²) in [7, 11) is 1.38. The van der Waals surface area contributed by atoms with Crippen LogP contribution in [0.4, 0.5) is 14.5 Å². The van der Waals surface area contributed by atoms with E-state index in [-0.39, 0.29) is 34.6 Å². The SMILES string of the molecule is COc1cc(CN(C(=O)c2ccc3c(c2)NC(=O)C(C)S3)C2CC2)ccc1OC(F)F. The minimum absolute atomic E-state index is 0.0531. The quantitative estimate of drug-likeness (QED) is 0.674. The molecule has 2 aromatic carbocycles. The number of hydrogen-bond donors (Lipinski definition) is 1. The molecule has 2 aliphatic rings. The van der Waals surface area contributed by atoms with E-state index in [0.717, 1.165) is 23.3 Å². The summed E-state index contributed by atoms with van der Waals surface area (Å²) in [5, 5.41) is 2.68. The van der Waals surface area contributed by atoms with Gasteiger partial charge < -0.3 is 19.7 Å². The first kappa shape index (κ1) is 21.4. The van der Waals surface area contributed by atoms with Crippen LogP contribution in [-0.2, 0) is 11.3 Å². The Hall–Kier alpha value is -2.81. The highest BCUT2D eigenvalue weighted by Crippen LogP contribution is 2.37. The molecule has 1 N–H and O–H groups in total. The van der Waals surface area contributed by atoms with Crippen molar-refractivity contribution < 1.29 is 27.8 Å². The zero-order valence-corrected chi connectivity index (χ0v) is 17.9. The second-order valence-corrected chi connectivity index (χ2v) is 8.87. The second kappa shape index (κ2) is 8.74. The molecule has 1 aliphatic heterocycles. The number of fused-ring (bicyclic) bond motifs is 1. The molecule has 0 radical (unpaired) electrons. The van der Waals surface area contributed by atoms with E-state index in [4.69, 9.17) is 4.74 Å². The van der Waals surface area contributed by atoms with Crippen molar-refractivity contribution in [2.45, 2.75) is 49.1 Å². The molecule has 1 unspecified atom stereocenters. The van der Waals surface area contributed by atoms with Gasteiger partial charge in [-0.05, 0) is 55.7 Å². The van der Waals surface area contributed by atoms with E-state index in [1.54, 1.807) is 29.2 Å². The number of nitrogens with one attached hydrogen (secondary N) is 1. The summed E-state index contributed by atoms with van der Waals surface area (Å²) in [5.74, 6) is -0.0965. The second-order valence-electron chi connectivity index (χ2n) is 7.49. The Morgan fingerprint density at radius 2 is 2.00 bits per heavy atom. The van der Waals surface area contributed by atoms with E-state index in [1.807, 2.05) is 13.0 Å². The number of rotatable bonds is 7. The fourth-order valence-electron chi connectivity index (χ4n) is 3.46. The van der Waals surface area contributed by atoms with Gasteiger partial charge in [0.2, 0.25) is 5.91 Å². The number of nitrogens with zero attached hydrogens (tertiary/aromatic N) is 1. The number of methoxy groups -OCH3 is 1. The molecule has 2 amide bonds.